The van der Waals surface area contributed by atoms with Crippen LogP contribution in [-0.4, -0.2) is 53.3 Å². The minimum Gasteiger partial charge on any atom is -0.378 e. The van der Waals surface area contributed by atoms with Crippen LogP contribution in [0.15, 0.2) is 29.1 Å². The number of amides is 1. The summed E-state index contributed by atoms with van der Waals surface area (Å²) in [6.45, 7) is 2.18. The van der Waals surface area contributed by atoms with Crippen LogP contribution in [0.1, 0.15) is 25.7 Å². The van der Waals surface area contributed by atoms with E-state index in [2.05, 4.69) is 0 Å². The number of likely N-dealkylation sites (tertiary alicyclic amines) is 1. The van der Waals surface area contributed by atoms with Crippen LogP contribution in [0.5, 0.6) is 0 Å². The Labute approximate surface area is 156 Å². The van der Waals surface area contributed by atoms with Crippen LogP contribution in [0.25, 0.3) is 10.1 Å². The highest BCUT2D eigenvalue weighted by Gasteiger charge is 2.45. The van der Waals surface area contributed by atoms with Gasteiger partial charge in [0.1, 0.15) is 6.54 Å². The summed E-state index contributed by atoms with van der Waals surface area (Å²) in [5.74, 6) is -0.00159. The lowest BCUT2D eigenvalue weighted by Crippen LogP contribution is -2.57. The first-order valence-electron chi connectivity index (χ1n) is 9.16. The first kappa shape index (κ1) is 17.7. The van der Waals surface area contributed by atoms with Gasteiger partial charge in [0, 0.05) is 26.8 Å². The smallest absolute Gasteiger partial charge is 0.268 e. The van der Waals surface area contributed by atoms with Crippen molar-refractivity contribution >= 4 is 27.5 Å². The Hall–Kier alpha value is -1.70. The van der Waals surface area contributed by atoms with Crippen molar-refractivity contribution in [2.75, 3.05) is 26.8 Å². The minimum atomic E-state index is -0.252. The van der Waals surface area contributed by atoms with E-state index in [0.717, 1.165) is 37.0 Å². The quantitative estimate of drug-likeness (QED) is 0.824. The number of nitrogens with zero attached hydrogens (tertiary/aromatic N) is 2. The molecule has 6 nitrogen and oxygen atoms in total. The van der Waals surface area contributed by atoms with Crippen molar-refractivity contribution in [3.63, 3.8) is 0 Å². The average molecular weight is 376 g/mol. The van der Waals surface area contributed by atoms with Crippen LogP contribution in [0.2, 0.25) is 0 Å². The first-order valence-corrected chi connectivity index (χ1v) is 9.94. The van der Waals surface area contributed by atoms with Crippen molar-refractivity contribution in [2.24, 2.45) is 0 Å². The molecule has 0 radical (unpaired) electrons. The highest BCUT2D eigenvalue weighted by atomic mass is 32.1. The first-order chi connectivity index (χ1) is 12.6. The van der Waals surface area contributed by atoms with Gasteiger partial charge in [-0.3, -0.25) is 13.5 Å². The summed E-state index contributed by atoms with van der Waals surface area (Å²) in [7, 11) is 1.74. The second-order valence-corrected chi connectivity index (χ2v) is 8.15. The zero-order valence-corrected chi connectivity index (χ0v) is 15.8. The lowest BCUT2D eigenvalue weighted by molar-refractivity contribution is -0.188. The molecule has 2 aromatic rings. The number of benzene rings is 1. The molecule has 7 heteroatoms. The van der Waals surface area contributed by atoms with E-state index < -0.39 is 0 Å². The van der Waals surface area contributed by atoms with Crippen LogP contribution >= 0.6 is 11.5 Å². The molecule has 1 unspecified atom stereocenters. The number of fused-ring (bicyclic) bond motifs is 1. The van der Waals surface area contributed by atoms with Crippen LogP contribution in [0.3, 0.4) is 0 Å². The number of aromatic nitrogens is 1. The maximum atomic E-state index is 12.7. The van der Waals surface area contributed by atoms with Crippen molar-refractivity contribution in [2.45, 2.75) is 43.9 Å². The van der Waals surface area contributed by atoms with Crippen molar-refractivity contribution in [3.8, 4) is 0 Å². The van der Waals surface area contributed by atoms with Gasteiger partial charge in [-0.2, -0.15) is 0 Å². The molecule has 2 aliphatic heterocycles. The summed E-state index contributed by atoms with van der Waals surface area (Å²) in [5.41, 5.74) is -0.333. The van der Waals surface area contributed by atoms with Gasteiger partial charge in [0.15, 0.2) is 0 Å². The molecule has 0 bridgehead atoms. The number of hydrogen-bond acceptors (Lipinski definition) is 5. The molecule has 1 amide bonds. The fourth-order valence-corrected chi connectivity index (χ4v) is 5.16. The standard InChI is InChI=1S/C19H24N2O4S/c1-24-16-7-4-12-25-19(16)8-10-20(11-9-19)17(22)13-21-18(23)14-5-2-3-6-15(14)26-21/h2-3,5-6,16H,4,7-13H2,1H3. The van der Waals surface area contributed by atoms with Gasteiger partial charge >= 0.3 is 0 Å². The van der Waals surface area contributed by atoms with E-state index in [9.17, 15) is 9.59 Å². The largest absolute Gasteiger partial charge is 0.378 e. The number of piperidine rings is 1. The predicted molar refractivity (Wildman–Crippen MR) is 101 cm³/mol. The maximum absolute atomic E-state index is 12.7. The van der Waals surface area contributed by atoms with Crippen molar-refractivity contribution < 1.29 is 14.3 Å². The Morgan fingerprint density at radius 3 is 2.85 bits per heavy atom. The molecule has 1 atom stereocenters. The topological polar surface area (TPSA) is 60.8 Å². The average Bonchev–Trinajstić information content (AvgIpc) is 2.98. The molecule has 0 aliphatic carbocycles. The molecular weight excluding hydrogens is 352 g/mol. The molecule has 26 heavy (non-hydrogen) atoms. The molecule has 2 saturated heterocycles. The summed E-state index contributed by atoms with van der Waals surface area (Å²) in [6.07, 6.45) is 3.73. The molecular formula is C19H24N2O4S. The van der Waals surface area contributed by atoms with Gasteiger partial charge in [-0.25, -0.2) is 0 Å². The monoisotopic (exact) mass is 376 g/mol. The predicted octanol–water partition coefficient (Wildman–Crippen LogP) is 2.25. The maximum Gasteiger partial charge on any atom is 0.268 e. The zero-order chi connectivity index (χ0) is 18.1. The Balaban J connectivity index is 1.43. The Bertz CT molecular complexity index is 851. The van der Waals surface area contributed by atoms with Gasteiger partial charge < -0.3 is 14.4 Å². The third kappa shape index (κ3) is 3.08. The normalized spacial score (nSPS) is 22.8. The van der Waals surface area contributed by atoms with Gasteiger partial charge in [-0.1, -0.05) is 23.7 Å². The summed E-state index contributed by atoms with van der Waals surface area (Å²) in [6, 6.07) is 7.48. The number of carbonyl (C=O) groups is 1. The Morgan fingerprint density at radius 2 is 2.12 bits per heavy atom. The number of methoxy groups -OCH3 is 1. The van der Waals surface area contributed by atoms with Crippen LogP contribution in [0, 0.1) is 0 Å². The van der Waals surface area contributed by atoms with Crippen molar-refractivity contribution in [1.29, 1.82) is 0 Å². The molecule has 2 aliphatic rings. The van der Waals surface area contributed by atoms with Gasteiger partial charge in [-0.05, 0) is 37.8 Å². The zero-order valence-electron chi connectivity index (χ0n) is 15.0. The third-order valence-electron chi connectivity index (χ3n) is 5.67. The van der Waals surface area contributed by atoms with Crippen LogP contribution < -0.4 is 5.56 Å². The number of hydrogen-bond donors (Lipinski definition) is 0. The molecule has 1 aromatic heterocycles. The number of ether oxygens (including phenoxy) is 2. The summed E-state index contributed by atoms with van der Waals surface area (Å²) in [4.78, 5) is 27.0. The minimum absolute atomic E-state index is 0.00159. The molecule has 1 spiro atoms. The van der Waals surface area contributed by atoms with Crippen molar-refractivity contribution in [1.82, 2.24) is 8.86 Å². The number of rotatable bonds is 3. The summed E-state index contributed by atoms with van der Waals surface area (Å²) >= 11 is 1.35. The molecule has 3 heterocycles. The fraction of sp³-hybridized carbons (Fsp3) is 0.579. The van der Waals surface area contributed by atoms with Crippen molar-refractivity contribution in [3.05, 3.63) is 34.6 Å². The van der Waals surface area contributed by atoms with Gasteiger partial charge in [-0.15, -0.1) is 0 Å². The molecule has 140 valence electrons. The van der Waals surface area contributed by atoms with E-state index in [0.29, 0.717) is 18.5 Å². The highest BCUT2D eigenvalue weighted by Crippen LogP contribution is 2.36. The van der Waals surface area contributed by atoms with Gasteiger partial charge in [0.25, 0.3) is 5.56 Å². The highest BCUT2D eigenvalue weighted by molar-refractivity contribution is 7.13. The van der Waals surface area contributed by atoms with Gasteiger partial charge in [0.2, 0.25) is 5.91 Å². The summed E-state index contributed by atoms with van der Waals surface area (Å²) in [5, 5.41) is 0.682. The van der Waals surface area contributed by atoms with E-state index in [1.807, 2.05) is 29.2 Å². The second-order valence-electron chi connectivity index (χ2n) is 7.09. The Kier molecular flexibility index (Phi) is 4.86. The van der Waals surface area contributed by atoms with Gasteiger partial charge in [0.05, 0.1) is 21.8 Å². The molecule has 2 fully saturated rings. The van der Waals surface area contributed by atoms with E-state index in [-0.39, 0.29) is 29.7 Å². The molecule has 0 saturated carbocycles. The molecule has 0 N–H and O–H groups in total. The van der Waals surface area contributed by atoms with E-state index in [1.165, 1.54) is 11.5 Å². The van der Waals surface area contributed by atoms with E-state index in [4.69, 9.17) is 9.47 Å². The van der Waals surface area contributed by atoms with E-state index >= 15 is 0 Å². The Morgan fingerprint density at radius 1 is 1.35 bits per heavy atom. The van der Waals surface area contributed by atoms with E-state index in [1.54, 1.807) is 11.1 Å². The van der Waals surface area contributed by atoms with Crippen LogP contribution in [0.4, 0.5) is 0 Å². The fourth-order valence-electron chi connectivity index (χ4n) is 4.18. The summed E-state index contributed by atoms with van der Waals surface area (Å²) < 4.78 is 14.2. The van der Waals surface area contributed by atoms with Crippen LogP contribution in [-0.2, 0) is 20.8 Å². The molecule has 4 rings (SSSR count). The molecule has 1 aromatic carbocycles. The SMILES string of the molecule is COC1CCCOC12CCN(C(=O)Cn1sc3ccccc3c1=O)CC2. The second kappa shape index (κ2) is 7.13. The third-order valence-corrected chi connectivity index (χ3v) is 6.73. The number of carbonyl (C=O) groups excluding carboxylic acids is 1. The lowest BCUT2D eigenvalue weighted by atomic mass is 9.82. The lowest BCUT2D eigenvalue weighted by Gasteiger charge is -2.48.